The van der Waals surface area contributed by atoms with Crippen LogP contribution in [0, 0.1) is 0 Å². The maximum atomic E-state index is 11.0. The Morgan fingerprint density at radius 1 is 1.80 bits per heavy atom. The highest BCUT2D eigenvalue weighted by molar-refractivity contribution is 5.75. The first kappa shape index (κ1) is 11.7. The molecule has 0 aliphatic carbocycles. The van der Waals surface area contributed by atoms with Gasteiger partial charge in [-0.05, 0) is 0 Å². The van der Waals surface area contributed by atoms with Crippen LogP contribution in [0.5, 0.6) is 0 Å². The Labute approximate surface area is 87.8 Å². The zero-order chi connectivity index (χ0) is 11.3. The number of methoxy groups -OCH3 is 1. The predicted octanol–water partition coefficient (Wildman–Crippen LogP) is -0.218. The Morgan fingerprint density at radius 2 is 2.53 bits per heavy atom. The van der Waals surface area contributed by atoms with Gasteiger partial charge in [0.2, 0.25) is 0 Å². The van der Waals surface area contributed by atoms with Gasteiger partial charge in [0.15, 0.2) is 0 Å². The number of hydrogen-bond donors (Lipinski definition) is 2. The highest BCUT2D eigenvalue weighted by atomic mass is 16.5. The molecule has 2 N–H and O–H groups in total. The summed E-state index contributed by atoms with van der Waals surface area (Å²) < 4.78 is 6.41. The minimum atomic E-state index is -0.917. The molecule has 6 heteroatoms. The number of nitrogens with zero attached hydrogens (tertiary/aromatic N) is 2. The number of hydrogen-bond acceptors (Lipinski definition) is 4. The van der Waals surface area contributed by atoms with Crippen LogP contribution in [-0.4, -0.2) is 41.1 Å². The van der Waals surface area contributed by atoms with E-state index < -0.39 is 12.0 Å². The lowest BCUT2D eigenvalue weighted by atomic mass is 10.1. The molecule has 0 saturated heterocycles. The van der Waals surface area contributed by atoms with Gasteiger partial charge in [0.05, 0.1) is 12.8 Å². The largest absolute Gasteiger partial charge is 0.480 e. The standard InChI is InChI=1S/C9H15N3O3/c1-12-6-7(5-11-12)8(9(13)14)10-3-4-15-2/h5-6,8,10H,3-4H2,1-2H3,(H,13,14). The Bertz CT molecular complexity index is 324. The fourth-order valence-electron chi connectivity index (χ4n) is 1.24. The van der Waals surface area contributed by atoms with E-state index in [0.717, 1.165) is 0 Å². The van der Waals surface area contributed by atoms with Gasteiger partial charge >= 0.3 is 5.97 Å². The molecule has 0 amide bonds. The van der Waals surface area contributed by atoms with Crippen LogP contribution in [0.4, 0.5) is 0 Å². The van der Waals surface area contributed by atoms with Gasteiger partial charge in [0.1, 0.15) is 6.04 Å². The van der Waals surface area contributed by atoms with Gasteiger partial charge in [-0.15, -0.1) is 0 Å². The van der Waals surface area contributed by atoms with Crippen molar-refractivity contribution in [2.75, 3.05) is 20.3 Å². The molecule has 1 rings (SSSR count). The number of carboxylic acid groups (broad SMARTS) is 1. The summed E-state index contributed by atoms with van der Waals surface area (Å²) in [5, 5.41) is 15.8. The van der Waals surface area contributed by atoms with Crippen LogP contribution in [0.25, 0.3) is 0 Å². The van der Waals surface area contributed by atoms with E-state index in [0.29, 0.717) is 18.7 Å². The molecule has 0 saturated carbocycles. The number of rotatable bonds is 6. The van der Waals surface area contributed by atoms with Gasteiger partial charge < -0.3 is 9.84 Å². The number of aromatic nitrogens is 2. The fourth-order valence-corrected chi connectivity index (χ4v) is 1.24. The van der Waals surface area contributed by atoms with Crippen LogP contribution in [0.2, 0.25) is 0 Å². The van der Waals surface area contributed by atoms with Crippen LogP contribution < -0.4 is 5.32 Å². The van der Waals surface area contributed by atoms with E-state index in [1.165, 1.54) is 0 Å². The average Bonchev–Trinajstić information content (AvgIpc) is 2.59. The van der Waals surface area contributed by atoms with Crippen LogP contribution in [0.1, 0.15) is 11.6 Å². The van der Waals surface area contributed by atoms with Crippen molar-refractivity contribution in [1.29, 1.82) is 0 Å². The van der Waals surface area contributed by atoms with Crippen molar-refractivity contribution in [3.8, 4) is 0 Å². The molecule has 0 aliphatic rings. The molecule has 0 bridgehead atoms. The van der Waals surface area contributed by atoms with Crippen molar-refractivity contribution in [1.82, 2.24) is 15.1 Å². The smallest absolute Gasteiger partial charge is 0.325 e. The van der Waals surface area contributed by atoms with Crippen molar-refractivity contribution in [2.24, 2.45) is 7.05 Å². The maximum absolute atomic E-state index is 11.0. The van der Waals surface area contributed by atoms with Gasteiger partial charge in [0, 0.05) is 32.5 Å². The number of carboxylic acids is 1. The highest BCUT2D eigenvalue weighted by Gasteiger charge is 2.19. The quantitative estimate of drug-likeness (QED) is 0.639. The first-order chi connectivity index (χ1) is 7.15. The van der Waals surface area contributed by atoms with E-state index >= 15 is 0 Å². The van der Waals surface area contributed by atoms with Crippen LogP contribution >= 0.6 is 0 Å². The second-order valence-electron chi connectivity index (χ2n) is 3.17. The third-order valence-electron chi connectivity index (χ3n) is 1.96. The zero-order valence-corrected chi connectivity index (χ0v) is 8.80. The summed E-state index contributed by atoms with van der Waals surface area (Å²) in [4.78, 5) is 11.0. The van der Waals surface area contributed by atoms with Crippen LogP contribution in [0.3, 0.4) is 0 Å². The molecule has 15 heavy (non-hydrogen) atoms. The lowest BCUT2D eigenvalue weighted by Crippen LogP contribution is -2.30. The molecule has 6 nitrogen and oxygen atoms in total. The molecule has 0 aliphatic heterocycles. The van der Waals surface area contributed by atoms with Crippen LogP contribution in [0.15, 0.2) is 12.4 Å². The summed E-state index contributed by atoms with van der Waals surface area (Å²) >= 11 is 0. The number of aliphatic carboxylic acids is 1. The minimum Gasteiger partial charge on any atom is -0.480 e. The van der Waals surface area contributed by atoms with Crippen LogP contribution in [-0.2, 0) is 16.6 Å². The second-order valence-corrected chi connectivity index (χ2v) is 3.17. The summed E-state index contributed by atoms with van der Waals surface area (Å²) in [6, 6.07) is -0.728. The molecule has 1 atom stereocenters. The SMILES string of the molecule is COCCNC(C(=O)O)c1cnn(C)c1. The topological polar surface area (TPSA) is 76.4 Å². The molecule has 84 valence electrons. The first-order valence-corrected chi connectivity index (χ1v) is 4.59. The van der Waals surface area contributed by atoms with Crippen molar-refractivity contribution in [3.05, 3.63) is 18.0 Å². The van der Waals surface area contributed by atoms with Crippen molar-refractivity contribution < 1.29 is 14.6 Å². The third kappa shape index (κ3) is 3.34. The predicted molar refractivity (Wildman–Crippen MR) is 53.5 cm³/mol. The van der Waals surface area contributed by atoms with Gasteiger partial charge in [-0.1, -0.05) is 0 Å². The van der Waals surface area contributed by atoms with E-state index in [-0.39, 0.29) is 0 Å². The molecule has 1 unspecified atom stereocenters. The molecular formula is C9H15N3O3. The van der Waals surface area contributed by atoms with Crippen molar-refractivity contribution >= 4 is 5.97 Å². The van der Waals surface area contributed by atoms with E-state index in [4.69, 9.17) is 9.84 Å². The van der Waals surface area contributed by atoms with Crippen molar-refractivity contribution in [3.63, 3.8) is 0 Å². The number of nitrogens with one attached hydrogen (secondary N) is 1. The molecule has 0 spiro atoms. The molecule has 1 aromatic heterocycles. The molecule has 0 aromatic carbocycles. The summed E-state index contributed by atoms with van der Waals surface area (Å²) in [5.41, 5.74) is 0.640. The zero-order valence-electron chi connectivity index (χ0n) is 8.80. The van der Waals surface area contributed by atoms with Gasteiger partial charge in [-0.2, -0.15) is 5.10 Å². The Morgan fingerprint density at radius 3 is 3.00 bits per heavy atom. The molecule has 0 radical (unpaired) electrons. The maximum Gasteiger partial charge on any atom is 0.325 e. The number of aryl methyl sites for hydroxylation is 1. The molecular weight excluding hydrogens is 198 g/mol. The lowest BCUT2D eigenvalue weighted by molar-refractivity contribution is -0.139. The molecule has 1 heterocycles. The lowest BCUT2D eigenvalue weighted by Gasteiger charge is -2.11. The first-order valence-electron chi connectivity index (χ1n) is 4.59. The normalized spacial score (nSPS) is 12.7. The highest BCUT2D eigenvalue weighted by Crippen LogP contribution is 2.11. The fraction of sp³-hybridized carbons (Fsp3) is 0.556. The summed E-state index contributed by atoms with van der Waals surface area (Å²) in [5.74, 6) is -0.917. The number of carbonyl (C=O) groups is 1. The van der Waals surface area contributed by atoms with Gasteiger partial charge in [-0.25, -0.2) is 0 Å². The van der Waals surface area contributed by atoms with E-state index in [2.05, 4.69) is 10.4 Å². The summed E-state index contributed by atoms with van der Waals surface area (Å²) in [6.45, 7) is 0.965. The van der Waals surface area contributed by atoms with Gasteiger partial charge in [0.25, 0.3) is 0 Å². The summed E-state index contributed by atoms with van der Waals surface area (Å²) in [6.07, 6.45) is 3.22. The monoisotopic (exact) mass is 213 g/mol. The van der Waals surface area contributed by atoms with E-state index in [1.807, 2.05) is 0 Å². The Hall–Kier alpha value is -1.40. The van der Waals surface area contributed by atoms with Gasteiger partial charge in [-0.3, -0.25) is 14.8 Å². The Kier molecular flexibility index (Phi) is 4.26. The Balaban J connectivity index is 2.62. The van der Waals surface area contributed by atoms with E-state index in [9.17, 15) is 4.79 Å². The molecule has 0 fully saturated rings. The summed E-state index contributed by atoms with van der Waals surface area (Å²) in [7, 11) is 3.32. The van der Waals surface area contributed by atoms with E-state index in [1.54, 1.807) is 31.2 Å². The second kappa shape index (κ2) is 5.47. The molecule has 1 aromatic rings. The average molecular weight is 213 g/mol. The van der Waals surface area contributed by atoms with Crippen molar-refractivity contribution in [2.45, 2.75) is 6.04 Å². The third-order valence-corrected chi connectivity index (χ3v) is 1.96. The number of ether oxygens (including phenoxy) is 1. The minimum absolute atomic E-state index is 0.476.